The number of hydrogen-bond donors (Lipinski definition) is 1. The van der Waals surface area contributed by atoms with E-state index in [1.807, 2.05) is 0 Å². The summed E-state index contributed by atoms with van der Waals surface area (Å²) in [6, 6.07) is 0. The van der Waals surface area contributed by atoms with E-state index in [-0.39, 0.29) is 5.69 Å². The van der Waals surface area contributed by atoms with E-state index in [0.29, 0.717) is 11.3 Å². The molecule has 1 N–H and O–H groups in total. The number of aryl methyl sites for hydroxylation is 2. The second-order valence-electron chi connectivity index (χ2n) is 3.11. The van der Waals surface area contributed by atoms with Gasteiger partial charge in [0, 0.05) is 24.8 Å². The lowest BCUT2D eigenvalue weighted by Gasteiger charge is -1.96. The van der Waals surface area contributed by atoms with E-state index in [1.54, 1.807) is 30.9 Å². The van der Waals surface area contributed by atoms with Crippen LogP contribution in [0.2, 0.25) is 0 Å². The zero-order valence-corrected chi connectivity index (χ0v) is 7.85. The van der Waals surface area contributed by atoms with Crippen molar-refractivity contribution in [2.45, 2.75) is 6.92 Å². The predicted molar refractivity (Wildman–Crippen MR) is 50.2 cm³/mol. The Bertz CT molecular complexity index is 516. The van der Waals surface area contributed by atoms with E-state index >= 15 is 0 Å². The van der Waals surface area contributed by atoms with Crippen LogP contribution in [0.4, 0.5) is 0 Å². The van der Waals surface area contributed by atoms with Crippen molar-refractivity contribution < 1.29 is 9.90 Å². The van der Waals surface area contributed by atoms with Crippen LogP contribution >= 0.6 is 0 Å². The van der Waals surface area contributed by atoms with Crippen LogP contribution in [0.15, 0.2) is 12.4 Å². The molecule has 0 atom stereocenters. The third-order valence-electron chi connectivity index (χ3n) is 2.05. The Morgan fingerprint density at radius 1 is 1.57 bits per heavy atom. The standard InChI is InChI=1S/C9H9N3O2/c1-5-10-3-6-4-12(2)8(9(13)14)7(6)11-5/h3-4H,1-2H3,(H,13,14). The molecule has 0 aliphatic rings. The molecule has 2 rings (SSSR count). The number of aromatic nitrogens is 3. The molecule has 0 amide bonds. The average Bonchev–Trinajstić information content (AvgIpc) is 2.40. The fraction of sp³-hybridized carbons (Fsp3) is 0.222. The molecule has 0 unspecified atom stereocenters. The Morgan fingerprint density at radius 2 is 2.29 bits per heavy atom. The van der Waals surface area contributed by atoms with Gasteiger partial charge >= 0.3 is 5.97 Å². The van der Waals surface area contributed by atoms with Crippen LogP contribution in [-0.4, -0.2) is 25.6 Å². The van der Waals surface area contributed by atoms with E-state index in [2.05, 4.69) is 9.97 Å². The topological polar surface area (TPSA) is 68.0 Å². The zero-order chi connectivity index (χ0) is 10.3. The van der Waals surface area contributed by atoms with Crippen molar-refractivity contribution in [1.29, 1.82) is 0 Å². The summed E-state index contributed by atoms with van der Waals surface area (Å²) in [5, 5.41) is 9.71. The number of aromatic carboxylic acids is 1. The molecule has 14 heavy (non-hydrogen) atoms. The van der Waals surface area contributed by atoms with Gasteiger partial charge in [0.25, 0.3) is 0 Å². The van der Waals surface area contributed by atoms with Gasteiger partial charge in [-0.25, -0.2) is 14.8 Å². The van der Waals surface area contributed by atoms with Crippen molar-refractivity contribution >= 4 is 16.9 Å². The first-order valence-electron chi connectivity index (χ1n) is 4.11. The average molecular weight is 191 g/mol. The molecule has 2 heterocycles. The molecule has 2 aromatic rings. The maximum atomic E-state index is 10.9. The van der Waals surface area contributed by atoms with E-state index < -0.39 is 5.97 Å². The van der Waals surface area contributed by atoms with Gasteiger partial charge in [-0.2, -0.15) is 0 Å². The summed E-state index contributed by atoms with van der Waals surface area (Å²) < 4.78 is 1.54. The molecule has 0 spiro atoms. The lowest BCUT2D eigenvalue weighted by molar-refractivity contribution is 0.0688. The van der Waals surface area contributed by atoms with Gasteiger partial charge in [0.2, 0.25) is 0 Å². The van der Waals surface area contributed by atoms with Gasteiger partial charge in [-0.1, -0.05) is 0 Å². The second-order valence-corrected chi connectivity index (χ2v) is 3.11. The highest BCUT2D eigenvalue weighted by Gasteiger charge is 2.15. The van der Waals surface area contributed by atoms with Crippen molar-refractivity contribution in [3.63, 3.8) is 0 Å². The van der Waals surface area contributed by atoms with Crippen LogP contribution in [0.5, 0.6) is 0 Å². The zero-order valence-electron chi connectivity index (χ0n) is 7.85. The molecule has 0 bridgehead atoms. The van der Waals surface area contributed by atoms with Crippen LogP contribution in [0.3, 0.4) is 0 Å². The second kappa shape index (κ2) is 2.80. The van der Waals surface area contributed by atoms with E-state index in [4.69, 9.17) is 5.11 Å². The number of nitrogens with zero attached hydrogens (tertiary/aromatic N) is 3. The summed E-state index contributed by atoms with van der Waals surface area (Å²) in [5.74, 6) is -0.396. The molecule has 0 aliphatic heterocycles. The van der Waals surface area contributed by atoms with Crippen LogP contribution < -0.4 is 0 Å². The van der Waals surface area contributed by atoms with Gasteiger partial charge in [-0.05, 0) is 6.92 Å². The van der Waals surface area contributed by atoms with Gasteiger partial charge in [0.1, 0.15) is 11.3 Å². The molecular formula is C9H9N3O2. The smallest absolute Gasteiger partial charge is 0.354 e. The van der Waals surface area contributed by atoms with Gasteiger partial charge < -0.3 is 9.67 Å². The summed E-state index contributed by atoms with van der Waals surface area (Å²) in [6.07, 6.45) is 3.34. The minimum atomic E-state index is -0.972. The summed E-state index contributed by atoms with van der Waals surface area (Å²) in [5.41, 5.74) is 0.693. The summed E-state index contributed by atoms with van der Waals surface area (Å²) in [6.45, 7) is 1.73. The maximum Gasteiger partial charge on any atom is 0.354 e. The minimum Gasteiger partial charge on any atom is -0.477 e. The van der Waals surface area contributed by atoms with Crippen LogP contribution in [0, 0.1) is 6.92 Å². The normalized spacial score (nSPS) is 10.7. The number of carbonyl (C=O) groups is 1. The first-order valence-corrected chi connectivity index (χ1v) is 4.11. The molecular weight excluding hydrogens is 182 g/mol. The van der Waals surface area contributed by atoms with Gasteiger partial charge in [0.15, 0.2) is 5.69 Å². The Hall–Kier alpha value is -1.91. The Morgan fingerprint density at radius 3 is 2.93 bits per heavy atom. The largest absolute Gasteiger partial charge is 0.477 e. The summed E-state index contributed by atoms with van der Waals surface area (Å²) in [7, 11) is 1.68. The molecule has 0 radical (unpaired) electrons. The third kappa shape index (κ3) is 1.14. The van der Waals surface area contributed by atoms with E-state index in [1.165, 1.54) is 0 Å². The van der Waals surface area contributed by atoms with Crippen molar-refractivity contribution in [2.24, 2.45) is 7.05 Å². The van der Waals surface area contributed by atoms with Crippen molar-refractivity contribution in [3.8, 4) is 0 Å². The third-order valence-corrected chi connectivity index (χ3v) is 2.05. The minimum absolute atomic E-state index is 0.200. The van der Waals surface area contributed by atoms with E-state index in [0.717, 1.165) is 5.39 Å². The summed E-state index contributed by atoms with van der Waals surface area (Å²) in [4.78, 5) is 19.0. The highest BCUT2D eigenvalue weighted by Crippen LogP contribution is 2.17. The Kier molecular flexibility index (Phi) is 1.73. The van der Waals surface area contributed by atoms with Crippen molar-refractivity contribution in [2.75, 3.05) is 0 Å². The molecule has 0 aromatic carbocycles. The van der Waals surface area contributed by atoms with Gasteiger partial charge in [0.05, 0.1) is 0 Å². The maximum absolute atomic E-state index is 10.9. The van der Waals surface area contributed by atoms with Crippen molar-refractivity contribution in [1.82, 2.24) is 14.5 Å². The molecule has 0 aliphatic carbocycles. The van der Waals surface area contributed by atoms with Crippen LogP contribution in [0.25, 0.3) is 10.9 Å². The molecule has 0 fully saturated rings. The fourth-order valence-electron chi connectivity index (χ4n) is 1.46. The van der Waals surface area contributed by atoms with Crippen molar-refractivity contribution in [3.05, 3.63) is 23.9 Å². The monoisotopic (exact) mass is 191 g/mol. The lowest BCUT2D eigenvalue weighted by Crippen LogP contribution is -2.04. The van der Waals surface area contributed by atoms with E-state index in [9.17, 15) is 4.79 Å². The summed E-state index contributed by atoms with van der Waals surface area (Å²) >= 11 is 0. The predicted octanol–water partition coefficient (Wildman–Crippen LogP) is 0.975. The molecule has 5 heteroatoms. The number of fused-ring (bicyclic) bond motifs is 1. The first-order chi connectivity index (χ1) is 6.59. The molecule has 0 saturated carbocycles. The molecule has 0 saturated heterocycles. The number of hydrogen-bond acceptors (Lipinski definition) is 3. The van der Waals surface area contributed by atoms with Crippen LogP contribution in [0.1, 0.15) is 16.3 Å². The SMILES string of the molecule is Cc1ncc2cn(C)c(C(=O)O)c2n1. The number of carboxylic acid groups (broad SMARTS) is 1. The fourth-order valence-corrected chi connectivity index (χ4v) is 1.46. The van der Waals surface area contributed by atoms with Gasteiger partial charge in [-0.15, -0.1) is 0 Å². The Labute approximate surface area is 80.0 Å². The highest BCUT2D eigenvalue weighted by atomic mass is 16.4. The number of rotatable bonds is 1. The van der Waals surface area contributed by atoms with Crippen LogP contribution in [-0.2, 0) is 7.05 Å². The Balaban J connectivity index is 2.86. The lowest BCUT2D eigenvalue weighted by atomic mass is 10.3. The molecule has 72 valence electrons. The highest BCUT2D eigenvalue weighted by molar-refractivity contribution is 6.00. The quantitative estimate of drug-likeness (QED) is 0.729. The molecule has 2 aromatic heterocycles. The van der Waals surface area contributed by atoms with Gasteiger partial charge in [-0.3, -0.25) is 0 Å². The molecule has 5 nitrogen and oxygen atoms in total. The number of carboxylic acids is 1. The first kappa shape index (κ1) is 8.68.